The van der Waals surface area contributed by atoms with E-state index in [0.29, 0.717) is 18.4 Å². The Balaban J connectivity index is 1.63. The summed E-state index contributed by atoms with van der Waals surface area (Å²) in [6.45, 7) is 0. The van der Waals surface area contributed by atoms with Crippen molar-refractivity contribution < 1.29 is 9.53 Å². The highest BCUT2D eigenvalue weighted by molar-refractivity contribution is 5.85. The van der Waals surface area contributed by atoms with Crippen molar-refractivity contribution >= 4 is 5.78 Å². The molecule has 1 N–H and O–H groups in total. The number of hydrogen-bond donors (Lipinski definition) is 1. The van der Waals surface area contributed by atoms with Crippen molar-refractivity contribution in [1.29, 1.82) is 5.26 Å². The number of hydrogen-bond acceptors (Lipinski definition) is 4. The number of methoxy groups -OCH3 is 1. The van der Waals surface area contributed by atoms with Crippen LogP contribution < -0.4 is 0 Å². The number of rotatable bonds is 6. The van der Waals surface area contributed by atoms with Crippen LogP contribution in [0.4, 0.5) is 0 Å². The fourth-order valence-corrected chi connectivity index (χ4v) is 2.88. The quantitative estimate of drug-likeness (QED) is 0.881. The Morgan fingerprint density at radius 2 is 2.04 bits per heavy atom. The molecule has 0 bridgehead atoms. The predicted molar refractivity (Wildman–Crippen MR) is 93.8 cm³/mol. The van der Waals surface area contributed by atoms with Gasteiger partial charge in [0.2, 0.25) is 0 Å². The minimum atomic E-state index is -0.264. The van der Waals surface area contributed by atoms with Gasteiger partial charge in [0.1, 0.15) is 11.6 Å². The summed E-state index contributed by atoms with van der Waals surface area (Å²) in [5.74, 6) is 0.635. The number of nitrogens with one attached hydrogen (secondary N) is 1. The smallest absolute Gasteiger partial charge is 0.148 e. The molecule has 2 atom stereocenters. The van der Waals surface area contributed by atoms with Crippen molar-refractivity contribution in [3.8, 4) is 6.07 Å². The van der Waals surface area contributed by atoms with Crippen LogP contribution in [0.15, 0.2) is 54.8 Å². The fraction of sp³-hybridized carbons (Fsp3) is 0.250. The number of Topliss-reactive ketones (excluding diaryl/α,β-unsaturated/α-hetero) is 1. The first kappa shape index (κ1) is 16.9. The van der Waals surface area contributed by atoms with E-state index in [-0.39, 0.29) is 17.8 Å². The van der Waals surface area contributed by atoms with Gasteiger partial charge < -0.3 is 9.72 Å². The summed E-state index contributed by atoms with van der Waals surface area (Å²) in [5, 5.41) is 8.83. The zero-order valence-corrected chi connectivity index (χ0v) is 14.0. The number of benzene rings is 1. The number of aromatic nitrogens is 2. The Morgan fingerprint density at radius 1 is 1.28 bits per heavy atom. The van der Waals surface area contributed by atoms with Gasteiger partial charge in [-0.2, -0.15) is 5.26 Å². The molecule has 1 heterocycles. The van der Waals surface area contributed by atoms with Crippen molar-refractivity contribution in [3.05, 3.63) is 77.4 Å². The number of allylic oxidation sites excluding steroid dienone is 2. The monoisotopic (exact) mass is 333 g/mol. The highest BCUT2D eigenvalue weighted by atomic mass is 16.5. The second-order valence-corrected chi connectivity index (χ2v) is 5.98. The topological polar surface area (TPSA) is 78.8 Å². The fourth-order valence-electron chi connectivity index (χ4n) is 2.88. The van der Waals surface area contributed by atoms with Gasteiger partial charge in [-0.05, 0) is 17.7 Å². The van der Waals surface area contributed by atoms with E-state index in [9.17, 15) is 4.79 Å². The van der Waals surface area contributed by atoms with Gasteiger partial charge in [0.05, 0.1) is 23.7 Å². The normalized spacial score (nSPS) is 18.9. The van der Waals surface area contributed by atoms with Gasteiger partial charge in [-0.15, -0.1) is 0 Å². The first-order valence-corrected chi connectivity index (χ1v) is 8.12. The molecule has 0 saturated heterocycles. The average Bonchev–Trinajstić information content (AvgIpc) is 3.09. The molecule has 0 spiro atoms. The van der Waals surface area contributed by atoms with E-state index in [2.05, 4.69) is 16.0 Å². The molecule has 1 aliphatic rings. The molecule has 0 saturated carbocycles. The molecular weight excluding hydrogens is 314 g/mol. The van der Waals surface area contributed by atoms with E-state index in [4.69, 9.17) is 10.00 Å². The second kappa shape index (κ2) is 7.73. The predicted octanol–water partition coefficient (Wildman–Crippen LogP) is 2.74. The Hall–Kier alpha value is -2.97. The minimum Gasteiger partial charge on any atom is -0.376 e. The molecule has 1 aliphatic carbocycles. The van der Waals surface area contributed by atoms with Crippen LogP contribution in [0.1, 0.15) is 22.6 Å². The van der Waals surface area contributed by atoms with Crippen LogP contribution in [0.5, 0.6) is 0 Å². The summed E-state index contributed by atoms with van der Waals surface area (Å²) in [6, 6.07) is 9.50. The van der Waals surface area contributed by atoms with Crippen LogP contribution >= 0.6 is 0 Å². The first-order chi connectivity index (χ1) is 12.2. The van der Waals surface area contributed by atoms with Gasteiger partial charge in [-0.3, -0.25) is 4.79 Å². The van der Waals surface area contributed by atoms with E-state index in [0.717, 1.165) is 17.1 Å². The van der Waals surface area contributed by atoms with Crippen molar-refractivity contribution in [2.75, 3.05) is 7.11 Å². The molecular formula is C20H19N3O2. The molecule has 1 aromatic carbocycles. The van der Waals surface area contributed by atoms with Gasteiger partial charge in [0, 0.05) is 31.8 Å². The maximum absolute atomic E-state index is 12.5. The van der Waals surface area contributed by atoms with Crippen LogP contribution in [-0.2, 0) is 22.4 Å². The summed E-state index contributed by atoms with van der Waals surface area (Å²) < 4.78 is 5.36. The van der Waals surface area contributed by atoms with Gasteiger partial charge in [0.15, 0.2) is 0 Å². The molecule has 1 aromatic heterocycles. The zero-order valence-electron chi connectivity index (χ0n) is 14.0. The van der Waals surface area contributed by atoms with Crippen LogP contribution in [0.3, 0.4) is 0 Å². The van der Waals surface area contributed by atoms with Crippen LogP contribution in [0, 0.1) is 17.2 Å². The molecule has 126 valence electrons. The number of imidazole rings is 1. The number of carbonyl (C=O) groups excluding carboxylic acids is 1. The molecule has 0 fully saturated rings. The van der Waals surface area contributed by atoms with Crippen molar-refractivity contribution in [3.63, 3.8) is 0 Å². The number of H-pyrrole nitrogens is 1. The number of ketones is 1. The Kier molecular flexibility index (Phi) is 5.22. The van der Waals surface area contributed by atoms with E-state index in [1.54, 1.807) is 25.4 Å². The molecule has 2 unspecified atom stereocenters. The maximum atomic E-state index is 12.5. The summed E-state index contributed by atoms with van der Waals surface area (Å²) in [4.78, 5) is 20.1. The van der Waals surface area contributed by atoms with Crippen LogP contribution in [-0.4, -0.2) is 29.0 Å². The summed E-state index contributed by atoms with van der Waals surface area (Å²) >= 11 is 0. The van der Waals surface area contributed by atoms with Crippen LogP contribution in [0.2, 0.25) is 0 Å². The summed E-state index contributed by atoms with van der Waals surface area (Å²) in [5.41, 5.74) is 2.49. The lowest BCUT2D eigenvalue weighted by Gasteiger charge is -2.21. The SMILES string of the molecule is COC1C=CC=CC1C(=O)Cc1cnc(Cc2ccc(C#N)cc2)[nH]1. The third kappa shape index (κ3) is 4.11. The summed E-state index contributed by atoms with van der Waals surface area (Å²) in [6.07, 6.45) is 9.97. The van der Waals surface area contributed by atoms with E-state index in [1.807, 2.05) is 36.4 Å². The Bertz CT molecular complexity index is 841. The number of carbonyl (C=O) groups is 1. The van der Waals surface area contributed by atoms with E-state index in [1.165, 1.54) is 0 Å². The standard InChI is InChI=1S/C20H19N3O2/c1-25-19-5-3-2-4-17(19)18(24)11-16-13-22-20(23-16)10-14-6-8-15(12-21)9-7-14/h2-9,13,17,19H,10-11H2,1H3,(H,22,23). The van der Waals surface area contributed by atoms with E-state index < -0.39 is 0 Å². The number of aromatic amines is 1. The van der Waals surface area contributed by atoms with Crippen molar-refractivity contribution in [1.82, 2.24) is 9.97 Å². The minimum absolute atomic E-state index is 0.0982. The molecule has 2 aromatic rings. The van der Waals surface area contributed by atoms with Crippen molar-refractivity contribution in [2.45, 2.75) is 18.9 Å². The third-order valence-electron chi connectivity index (χ3n) is 4.23. The van der Waals surface area contributed by atoms with Gasteiger partial charge in [-0.1, -0.05) is 36.4 Å². The zero-order chi connectivity index (χ0) is 17.6. The maximum Gasteiger partial charge on any atom is 0.148 e. The highest BCUT2D eigenvalue weighted by Crippen LogP contribution is 2.18. The molecule has 25 heavy (non-hydrogen) atoms. The summed E-state index contributed by atoms with van der Waals surface area (Å²) in [7, 11) is 1.61. The highest BCUT2D eigenvalue weighted by Gasteiger charge is 2.25. The largest absolute Gasteiger partial charge is 0.376 e. The third-order valence-corrected chi connectivity index (χ3v) is 4.23. The second-order valence-electron chi connectivity index (χ2n) is 5.98. The lowest BCUT2D eigenvalue weighted by atomic mass is 9.91. The van der Waals surface area contributed by atoms with Gasteiger partial charge in [0.25, 0.3) is 0 Å². The van der Waals surface area contributed by atoms with Crippen molar-refractivity contribution in [2.24, 2.45) is 5.92 Å². The Labute approximate surface area is 146 Å². The molecule has 5 nitrogen and oxygen atoms in total. The molecule has 5 heteroatoms. The molecule has 0 aliphatic heterocycles. The number of nitriles is 1. The van der Waals surface area contributed by atoms with Gasteiger partial charge >= 0.3 is 0 Å². The molecule has 0 radical (unpaired) electrons. The van der Waals surface area contributed by atoms with Crippen LogP contribution in [0.25, 0.3) is 0 Å². The molecule has 0 amide bonds. The van der Waals surface area contributed by atoms with Gasteiger partial charge in [-0.25, -0.2) is 4.98 Å². The number of nitrogens with zero attached hydrogens (tertiary/aromatic N) is 2. The lowest BCUT2D eigenvalue weighted by molar-refractivity contribution is -0.123. The molecule has 3 rings (SSSR count). The van der Waals surface area contributed by atoms with E-state index >= 15 is 0 Å². The number of ether oxygens (including phenoxy) is 1. The Morgan fingerprint density at radius 3 is 2.76 bits per heavy atom. The average molecular weight is 333 g/mol. The first-order valence-electron chi connectivity index (χ1n) is 8.12. The lowest BCUT2D eigenvalue weighted by Crippen LogP contribution is -2.29.